The molecular formula is C14H21FN3O8P. The number of halogens is 1. The van der Waals surface area contributed by atoms with E-state index in [0.29, 0.717) is 0 Å². The van der Waals surface area contributed by atoms with Crippen LogP contribution >= 0.6 is 7.75 Å². The number of alkyl halides is 1. The van der Waals surface area contributed by atoms with E-state index in [2.05, 4.69) is 11.9 Å². The van der Waals surface area contributed by atoms with Crippen LogP contribution in [0, 0.1) is 0 Å². The molecule has 27 heavy (non-hydrogen) atoms. The van der Waals surface area contributed by atoms with Gasteiger partial charge in [-0.25, -0.2) is 14.0 Å². The highest BCUT2D eigenvalue weighted by atomic mass is 31.2. The molecule has 0 saturated carbocycles. The van der Waals surface area contributed by atoms with Gasteiger partial charge in [0.15, 0.2) is 11.9 Å². The molecular weight excluding hydrogens is 388 g/mol. The fraction of sp³-hybridized carbons (Fsp3) is 0.571. The van der Waals surface area contributed by atoms with Crippen LogP contribution in [-0.2, 0) is 23.4 Å². The number of aliphatic hydroxyl groups excluding tert-OH is 1. The van der Waals surface area contributed by atoms with Gasteiger partial charge in [0.2, 0.25) is 0 Å². The number of carbonyl (C=O) groups excluding carboxylic acids is 1. The number of aliphatic hydroxyl groups is 1. The lowest BCUT2D eigenvalue weighted by Gasteiger charge is -2.35. The van der Waals surface area contributed by atoms with Crippen molar-refractivity contribution in [3.8, 4) is 0 Å². The van der Waals surface area contributed by atoms with E-state index in [1.165, 1.54) is 6.20 Å². The van der Waals surface area contributed by atoms with Crippen molar-refractivity contribution in [1.29, 1.82) is 0 Å². The molecule has 0 aliphatic carbocycles. The van der Waals surface area contributed by atoms with Gasteiger partial charge in [-0.1, -0.05) is 6.58 Å². The van der Waals surface area contributed by atoms with Crippen molar-refractivity contribution in [2.24, 2.45) is 0 Å². The number of carboxylic acid groups (broad SMARTS) is 1. The van der Waals surface area contributed by atoms with Crippen molar-refractivity contribution in [3.63, 3.8) is 0 Å². The maximum absolute atomic E-state index is 15.0. The molecule has 0 radical (unpaired) electrons. The Kier molecular flexibility index (Phi) is 6.10. The van der Waals surface area contributed by atoms with E-state index in [9.17, 15) is 24.2 Å². The van der Waals surface area contributed by atoms with Crippen LogP contribution < -0.4 is 10.4 Å². The summed E-state index contributed by atoms with van der Waals surface area (Å²) in [7, 11) is -4.54. The number of carbonyl (C=O) groups is 2. The number of nitrogens with one attached hydrogen (secondary N) is 2. The van der Waals surface area contributed by atoms with Crippen molar-refractivity contribution >= 4 is 19.6 Å². The van der Waals surface area contributed by atoms with E-state index in [1.54, 1.807) is 0 Å². The Labute approximate surface area is 154 Å². The van der Waals surface area contributed by atoms with Crippen LogP contribution in [0.15, 0.2) is 24.7 Å². The fourth-order valence-corrected chi connectivity index (χ4v) is 3.59. The number of hydrogen-bond donors (Lipinski definition) is 5. The van der Waals surface area contributed by atoms with Gasteiger partial charge in [0, 0.05) is 12.3 Å². The largest absolute Gasteiger partial charge is 0.480 e. The van der Waals surface area contributed by atoms with Gasteiger partial charge in [0.1, 0.15) is 24.1 Å². The third kappa shape index (κ3) is 4.72. The van der Waals surface area contributed by atoms with Crippen molar-refractivity contribution in [2.45, 2.75) is 44.0 Å². The first-order chi connectivity index (χ1) is 12.3. The predicted octanol–water partition coefficient (Wildman–Crippen LogP) is -0.603. The van der Waals surface area contributed by atoms with E-state index in [4.69, 9.17) is 14.4 Å². The summed E-state index contributed by atoms with van der Waals surface area (Å²) in [5.74, 6) is -1.82. The SMILES string of the molecule is C=C1NC(=O)C=CN1[C@@H]1O[C@H](COP(=O)(O)N[C@@H](C)C(=O)O)[C@@H](O)[C@@]1(C)F. The number of aliphatic carboxylic acids is 1. The Bertz CT molecular complexity index is 714. The quantitative estimate of drug-likeness (QED) is 0.344. The minimum Gasteiger partial charge on any atom is -0.480 e. The smallest absolute Gasteiger partial charge is 0.403 e. The molecule has 0 aromatic rings. The summed E-state index contributed by atoms with van der Waals surface area (Å²) in [5.41, 5.74) is -2.34. The molecule has 0 aromatic heterocycles. The van der Waals surface area contributed by atoms with Crippen molar-refractivity contribution in [1.82, 2.24) is 15.3 Å². The van der Waals surface area contributed by atoms with Crippen LogP contribution in [0.25, 0.3) is 0 Å². The van der Waals surface area contributed by atoms with E-state index < -0.39 is 56.4 Å². The van der Waals surface area contributed by atoms with Gasteiger partial charge in [-0.15, -0.1) is 0 Å². The summed E-state index contributed by atoms with van der Waals surface area (Å²) in [6.07, 6.45) is -2.13. The summed E-state index contributed by atoms with van der Waals surface area (Å²) in [6.45, 7) is 5.07. The van der Waals surface area contributed by atoms with E-state index in [0.717, 1.165) is 24.8 Å². The van der Waals surface area contributed by atoms with E-state index in [1.807, 2.05) is 5.09 Å². The summed E-state index contributed by atoms with van der Waals surface area (Å²) in [6, 6.07) is -1.38. The lowest BCUT2D eigenvalue weighted by molar-refractivity contribution is -0.138. The van der Waals surface area contributed by atoms with Gasteiger partial charge >= 0.3 is 13.7 Å². The van der Waals surface area contributed by atoms with Crippen molar-refractivity contribution in [3.05, 3.63) is 24.7 Å². The Hall–Kier alpha value is -1.82. The Morgan fingerprint density at radius 1 is 1.67 bits per heavy atom. The molecule has 2 aliphatic heterocycles. The summed E-state index contributed by atoms with van der Waals surface area (Å²) < 4.78 is 37.0. The monoisotopic (exact) mass is 409 g/mol. The molecule has 1 fully saturated rings. The normalized spacial score (nSPS) is 34.3. The average molecular weight is 409 g/mol. The highest BCUT2D eigenvalue weighted by Crippen LogP contribution is 2.42. The molecule has 0 bridgehead atoms. The zero-order valence-corrected chi connectivity index (χ0v) is 15.4. The van der Waals surface area contributed by atoms with Gasteiger partial charge < -0.3 is 30.1 Å². The molecule has 2 heterocycles. The van der Waals surface area contributed by atoms with Gasteiger partial charge in [-0.2, -0.15) is 0 Å². The fourth-order valence-electron chi connectivity index (χ4n) is 2.57. The first kappa shape index (κ1) is 21.5. The van der Waals surface area contributed by atoms with Gasteiger partial charge in [-0.3, -0.25) is 14.1 Å². The molecule has 1 amide bonds. The highest BCUT2D eigenvalue weighted by Gasteiger charge is 2.57. The van der Waals surface area contributed by atoms with Gasteiger partial charge in [-0.05, 0) is 13.8 Å². The summed E-state index contributed by atoms with van der Waals surface area (Å²) in [5, 5.41) is 23.2. The van der Waals surface area contributed by atoms with Crippen LogP contribution in [0.3, 0.4) is 0 Å². The van der Waals surface area contributed by atoms with E-state index >= 15 is 4.39 Å². The Balaban J connectivity index is 2.06. The minimum absolute atomic E-state index is 0.0231. The summed E-state index contributed by atoms with van der Waals surface area (Å²) in [4.78, 5) is 32.8. The van der Waals surface area contributed by atoms with Gasteiger partial charge in [0.05, 0.1) is 6.61 Å². The summed E-state index contributed by atoms with van der Waals surface area (Å²) >= 11 is 0. The highest BCUT2D eigenvalue weighted by molar-refractivity contribution is 7.50. The molecule has 2 aliphatic rings. The first-order valence-electron chi connectivity index (χ1n) is 7.82. The third-order valence-corrected chi connectivity index (χ3v) is 5.29. The number of amides is 1. The van der Waals surface area contributed by atoms with Crippen LogP contribution in [0.4, 0.5) is 4.39 Å². The molecule has 152 valence electrons. The zero-order valence-electron chi connectivity index (χ0n) is 14.5. The molecule has 1 saturated heterocycles. The molecule has 5 N–H and O–H groups in total. The third-order valence-electron chi connectivity index (χ3n) is 4.08. The minimum atomic E-state index is -4.54. The lowest BCUT2D eigenvalue weighted by Crippen LogP contribution is -2.51. The molecule has 2 rings (SSSR count). The van der Waals surface area contributed by atoms with Crippen LogP contribution in [0.1, 0.15) is 13.8 Å². The predicted molar refractivity (Wildman–Crippen MR) is 88.5 cm³/mol. The molecule has 0 aromatic carbocycles. The second-order valence-electron chi connectivity index (χ2n) is 6.29. The number of hydrogen-bond acceptors (Lipinski definition) is 7. The maximum atomic E-state index is 15.0. The van der Waals surface area contributed by atoms with E-state index in [-0.39, 0.29) is 5.82 Å². The number of nitrogens with zero attached hydrogens (tertiary/aromatic N) is 1. The second kappa shape index (κ2) is 7.66. The van der Waals surface area contributed by atoms with Crippen molar-refractivity contribution in [2.75, 3.05) is 6.61 Å². The first-order valence-corrected chi connectivity index (χ1v) is 9.39. The molecule has 6 atom stereocenters. The number of rotatable bonds is 7. The average Bonchev–Trinajstić information content (AvgIpc) is 2.76. The molecule has 11 nitrogen and oxygen atoms in total. The second-order valence-corrected chi connectivity index (χ2v) is 7.84. The van der Waals surface area contributed by atoms with Gasteiger partial charge in [0.25, 0.3) is 5.91 Å². The van der Waals surface area contributed by atoms with Crippen LogP contribution in [-0.4, -0.2) is 68.6 Å². The molecule has 13 heteroatoms. The standard InChI is InChI=1S/C14H21FN3O8P/c1-7(12(21)22)17-27(23,24)25-6-9-11(20)14(3,15)13(26-9)18-5-4-10(19)16-8(18)2/h4-5,7,9,11,13,20H,2,6H2,1,3H3,(H,16,19)(H,21,22)(H2,17,23,24)/t7-,9+,11+,13+,14+/m0/s1. The van der Waals surface area contributed by atoms with Crippen LogP contribution in [0.5, 0.6) is 0 Å². The number of carboxylic acids is 1. The molecule has 1 unspecified atom stereocenters. The topological polar surface area (TPSA) is 158 Å². The van der Waals surface area contributed by atoms with Crippen LogP contribution in [0.2, 0.25) is 0 Å². The Morgan fingerprint density at radius 2 is 2.30 bits per heavy atom. The molecule has 0 spiro atoms. The Morgan fingerprint density at radius 3 is 2.85 bits per heavy atom. The number of ether oxygens (including phenoxy) is 1. The maximum Gasteiger partial charge on any atom is 0.403 e. The van der Waals surface area contributed by atoms with Crippen molar-refractivity contribution < 1.29 is 42.9 Å². The lowest BCUT2D eigenvalue weighted by atomic mass is 9.98. The zero-order chi connectivity index (χ0) is 20.6.